The van der Waals surface area contributed by atoms with Crippen molar-refractivity contribution in [3.05, 3.63) is 47.5 Å². The first-order chi connectivity index (χ1) is 15.0. The van der Waals surface area contributed by atoms with E-state index in [1.165, 1.54) is 24.3 Å². The van der Waals surface area contributed by atoms with Crippen LogP contribution in [0.2, 0.25) is 0 Å². The van der Waals surface area contributed by atoms with Gasteiger partial charge in [0.1, 0.15) is 16.0 Å². The molecule has 2 rings (SSSR count). The zero-order valence-electron chi connectivity index (χ0n) is 18.9. The quantitative estimate of drug-likeness (QED) is 0.0520. The fraction of sp³-hybridized carbons (Fsp3) is 0.294. The van der Waals surface area contributed by atoms with E-state index >= 15 is 0 Å². The monoisotopic (exact) mass is 551 g/mol. The summed E-state index contributed by atoms with van der Waals surface area (Å²) in [5.74, 6) is -1.06. The molecule has 0 fully saturated rings. The van der Waals surface area contributed by atoms with Crippen molar-refractivity contribution in [1.82, 2.24) is 0 Å². The topological polar surface area (TPSA) is 179 Å². The number of hydrogen-bond acceptors (Lipinski definition) is 13. The summed E-state index contributed by atoms with van der Waals surface area (Å²) in [5, 5.41) is 23.5. The molecule has 0 spiro atoms. The standard InChI is InChI=1S/C17H21N3O9S3.2Na/c1-12-10-17(13(2)9-16(12)18-11-32(24,25)26)20-19-14-3-5-15(6-4-14)31(22,23)8-7-27-30-29-28-21;;/h3-6,9-10,18,21H,7-8,11H2,1-2H3,(H,24,25,26);;/q;2*+1/p-2. The zero-order chi connectivity index (χ0) is 23.8. The van der Waals surface area contributed by atoms with E-state index in [4.69, 9.17) is 4.18 Å². The van der Waals surface area contributed by atoms with Crippen molar-refractivity contribution in [2.45, 2.75) is 18.7 Å². The van der Waals surface area contributed by atoms with E-state index in [1.54, 1.807) is 26.0 Å². The molecular weight excluding hydrogens is 532 g/mol. The Morgan fingerprint density at radius 2 is 1.65 bits per heavy atom. The second kappa shape index (κ2) is 15.9. The van der Waals surface area contributed by atoms with Gasteiger partial charge in [-0.1, -0.05) is 0 Å². The van der Waals surface area contributed by atoms with Gasteiger partial charge in [0.25, 0.3) is 0 Å². The first kappa shape index (κ1) is 33.9. The molecule has 0 heterocycles. The van der Waals surface area contributed by atoms with Crippen molar-refractivity contribution in [2.75, 3.05) is 23.6 Å². The molecule has 0 amide bonds. The van der Waals surface area contributed by atoms with Crippen LogP contribution in [0.3, 0.4) is 0 Å². The van der Waals surface area contributed by atoms with Gasteiger partial charge >= 0.3 is 59.1 Å². The first-order valence-corrected chi connectivity index (χ1v) is 12.7. The number of sulfone groups is 1. The van der Waals surface area contributed by atoms with Crippen LogP contribution in [0.1, 0.15) is 11.1 Å². The number of nitrogens with one attached hydrogen (secondary N) is 1. The molecule has 0 aliphatic heterocycles. The van der Waals surface area contributed by atoms with Crippen LogP contribution in [0.25, 0.3) is 0 Å². The number of anilines is 1. The Hall–Kier alpha value is -0.110. The molecule has 34 heavy (non-hydrogen) atoms. The summed E-state index contributed by atoms with van der Waals surface area (Å²) in [6, 6.07) is 9.05. The van der Waals surface area contributed by atoms with Crippen molar-refractivity contribution in [3.63, 3.8) is 0 Å². The van der Waals surface area contributed by atoms with Crippen LogP contribution in [0, 0.1) is 13.8 Å². The maximum Gasteiger partial charge on any atom is 1.00 e. The summed E-state index contributed by atoms with van der Waals surface area (Å²) in [6.07, 6.45) is 0. The summed E-state index contributed by atoms with van der Waals surface area (Å²) < 4.78 is 65.4. The molecule has 2 aromatic rings. The number of nitrogens with zero attached hydrogens (tertiary/aromatic N) is 2. The molecule has 0 aromatic heterocycles. The average molecular weight is 552 g/mol. The van der Waals surface area contributed by atoms with E-state index in [0.29, 0.717) is 28.2 Å². The third-order valence-electron chi connectivity index (χ3n) is 3.99. The van der Waals surface area contributed by atoms with Gasteiger partial charge in [-0.2, -0.15) is 10.2 Å². The van der Waals surface area contributed by atoms with Crippen LogP contribution in [-0.2, 0) is 33.5 Å². The molecule has 12 nitrogen and oxygen atoms in total. The Balaban J connectivity index is 0.00000544. The van der Waals surface area contributed by atoms with Crippen molar-refractivity contribution >= 4 is 49.3 Å². The van der Waals surface area contributed by atoms with Gasteiger partial charge in [-0.15, -0.1) is 4.33 Å². The number of aryl methyl sites for hydroxylation is 2. The molecule has 0 atom stereocenters. The van der Waals surface area contributed by atoms with E-state index < -0.39 is 25.8 Å². The Morgan fingerprint density at radius 3 is 2.24 bits per heavy atom. The molecule has 0 saturated carbocycles. The fourth-order valence-electron chi connectivity index (χ4n) is 2.42. The molecule has 17 heteroatoms. The number of hydrogen-bond donors (Lipinski definition) is 1. The van der Waals surface area contributed by atoms with E-state index in [1.807, 2.05) is 0 Å². The molecule has 1 N–H and O–H groups in total. The number of rotatable bonds is 12. The summed E-state index contributed by atoms with van der Waals surface area (Å²) >= 11 is 0.232. The van der Waals surface area contributed by atoms with Gasteiger partial charge in [0.2, 0.25) is 0 Å². The smallest absolute Gasteiger partial charge is 0.747 e. The second-order valence-corrected chi connectivity index (χ2v) is 10.4. The number of azo groups is 1. The fourth-order valence-corrected chi connectivity index (χ4v) is 4.16. The summed E-state index contributed by atoms with van der Waals surface area (Å²) in [7, 11) is -8.03. The van der Waals surface area contributed by atoms with Crippen LogP contribution in [-0.4, -0.2) is 39.6 Å². The Kier molecular flexibility index (Phi) is 15.8. The van der Waals surface area contributed by atoms with Gasteiger partial charge in [-0.05, 0) is 61.4 Å². The third-order valence-corrected chi connectivity index (χ3v) is 6.56. The van der Waals surface area contributed by atoms with Gasteiger partial charge < -0.3 is 15.1 Å². The minimum atomic E-state index is -4.41. The molecule has 0 aliphatic carbocycles. The summed E-state index contributed by atoms with van der Waals surface area (Å²) in [4.78, 5) is 0.0572. The molecule has 2 aromatic carbocycles. The van der Waals surface area contributed by atoms with E-state index in [9.17, 15) is 26.6 Å². The Labute approximate surface area is 246 Å². The molecule has 0 radical (unpaired) electrons. The second-order valence-electron chi connectivity index (χ2n) is 6.37. The Bertz CT molecular complexity index is 1160. The van der Waals surface area contributed by atoms with Gasteiger partial charge in [-0.3, -0.25) is 9.22 Å². The van der Waals surface area contributed by atoms with Gasteiger partial charge in [0.15, 0.2) is 22.2 Å². The zero-order valence-corrected chi connectivity index (χ0v) is 25.3. The van der Waals surface area contributed by atoms with Crippen LogP contribution in [0.4, 0.5) is 17.1 Å². The predicted molar refractivity (Wildman–Crippen MR) is 112 cm³/mol. The van der Waals surface area contributed by atoms with E-state index in [0.717, 1.165) is 0 Å². The van der Waals surface area contributed by atoms with Gasteiger partial charge in [0.05, 0.1) is 28.6 Å². The maximum absolute atomic E-state index is 12.2. The molecule has 176 valence electrons. The normalized spacial score (nSPS) is 11.6. The summed E-state index contributed by atoms with van der Waals surface area (Å²) in [6.45, 7) is 3.25. The predicted octanol–water partition coefficient (Wildman–Crippen LogP) is -3.78. The van der Waals surface area contributed by atoms with Gasteiger partial charge in [0, 0.05) is 5.69 Å². The minimum absolute atomic E-state index is 0. The van der Waals surface area contributed by atoms with Crippen molar-refractivity contribution in [3.8, 4) is 0 Å². The molecular formula is C17H19N3Na2O9S3. The minimum Gasteiger partial charge on any atom is -0.747 e. The van der Waals surface area contributed by atoms with Gasteiger partial charge in [-0.25, -0.2) is 16.8 Å². The van der Waals surface area contributed by atoms with E-state index in [-0.39, 0.29) is 88.7 Å². The largest absolute Gasteiger partial charge is 1.00 e. The average Bonchev–Trinajstić information content (AvgIpc) is 2.72. The third kappa shape index (κ3) is 11.7. The van der Waals surface area contributed by atoms with Crippen LogP contribution in [0.5, 0.6) is 0 Å². The molecule has 0 bridgehead atoms. The molecule has 0 unspecified atom stereocenters. The maximum atomic E-state index is 12.2. The van der Waals surface area contributed by atoms with Crippen molar-refractivity contribution < 1.29 is 99.3 Å². The SMILES string of the molecule is Cc1cc(NCS(=O)(=O)[O-])c(C)cc1N=Nc1ccc(S(=O)(=O)CCOSOO[O-])cc1.[Na+].[Na+]. The van der Waals surface area contributed by atoms with Crippen LogP contribution >= 0.6 is 12.3 Å². The molecule has 0 aliphatic rings. The van der Waals surface area contributed by atoms with Crippen LogP contribution < -0.4 is 69.7 Å². The van der Waals surface area contributed by atoms with E-state index in [2.05, 4.69) is 24.9 Å². The Morgan fingerprint density at radius 1 is 1.00 bits per heavy atom. The molecule has 0 saturated heterocycles. The van der Waals surface area contributed by atoms with Crippen molar-refractivity contribution in [1.29, 1.82) is 0 Å². The first-order valence-electron chi connectivity index (χ1n) is 8.80. The summed E-state index contributed by atoms with van der Waals surface area (Å²) in [5.41, 5.74) is 2.78. The van der Waals surface area contributed by atoms with Crippen molar-refractivity contribution in [2.24, 2.45) is 10.2 Å². The number of benzene rings is 2. The van der Waals surface area contributed by atoms with Crippen LogP contribution in [0.15, 0.2) is 51.5 Å².